The van der Waals surface area contributed by atoms with E-state index in [1.165, 1.54) is 42.0 Å². The number of thiazole rings is 1. The summed E-state index contributed by atoms with van der Waals surface area (Å²) in [5.74, 6) is -0.436. The molecule has 3 rings (SSSR count). The molecule has 0 aliphatic heterocycles. The number of nitrogens with one attached hydrogen (secondary N) is 1. The lowest BCUT2D eigenvalue weighted by Gasteiger charge is -2.21. The first-order valence-corrected chi connectivity index (χ1v) is 9.71. The van der Waals surface area contributed by atoms with Crippen LogP contribution in [-0.4, -0.2) is 17.3 Å². The third-order valence-electron chi connectivity index (χ3n) is 4.48. The number of rotatable bonds is 5. The van der Waals surface area contributed by atoms with Crippen LogP contribution in [0.5, 0.6) is 5.75 Å². The maximum Gasteiger partial charge on any atom is 0.573 e. The number of benzene rings is 1. The number of aromatic nitrogens is 1. The highest BCUT2D eigenvalue weighted by atomic mass is 32.1. The normalized spacial score (nSPS) is 15.1. The van der Waals surface area contributed by atoms with Crippen molar-refractivity contribution in [3.05, 3.63) is 29.1 Å². The minimum atomic E-state index is -4.74. The van der Waals surface area contributed by atoms with Gasteiger partial charge in [-0.2, -0.15) is 5.26 Å². The summed E-state index contributed by atoms with van der Waals surface area (Å²) in [6.07, 6.45) is 0.406. The van der Waals surface area contributed by atoms with Gasteiger partial charge < -0.3 is 10.1 Å². The smallest absolute Gasteiger partial charge is 0.406 e. The average Bonchev–Trinajstić information content (AvgIpc) is 3.05. The number of anilines is 1. The minimum Gasteiger partial charge on any atom is -0.406 e. The zero-order valence-electron chi connectivity index (χ0n) is 14.9. The van der Waals surface area contributed by atoms with E-state index in [2.05, 4.69) is 15.0 Å². The molecule has 0 unspecified atom stereocenters. The van der Waals surface area contributed by atoms with Crippen LogP contribution in [0.1, 0.15) is 49.3 Å². The van der Waals surface area contributed by atoms with Crippen LogP contribution < -0.4 is 10.1 Å². The summed E-state index contributed by atoms with van der Waals surface area (Å²) < 4.78 is 41.0. The Labute approximate surface area is 164 Å². The molecule has 148 valence electrons. The Kier molecular flexibility index (Phi) is 6.19. The van der Waals surface area contributed by atoms with Crippen molar-refractivity contribution in [3.8, 4) is 23.1 Å². The summed E-state index contributed by atoms with van der Waals surface area (Å²) in [4.78, 5) is 17.2. The SMILES string of the molecule is N#CCC(=O)Nc1nc(-c2ccc(OC(F)(F)F)cc2)c(C2CCCCC2)s1. The quantitative estimate of drug-likeness (QED) is 0.697. The van der Waals surface area contributed by atoms with Gasteiger partial charge in [-0.1, -0.05) is 19.3 Å². The van der Waals surface area contributed by atoms with Crippen LogP contribution in [0, 0.1) is 11.3 Å². The second kappa shape index (κ2) is 8.61. The molecule has 0 saturated heterocycles. The lowest BCUT2D eigenvalue weighted by atomic mass is 9.87. The average molecular weight is 409 g/mol. The van der Waals surface area contributed by atoms with Crippen molar-refractivity contribution in [2.75, 3.05) is 5.32 Å². The molecule has 1 aliphatic carbocycles. The number of nitrogens with zero attached hydrogens (tertiary/aromatic N) is 2. The topological polar surface area (TPSA) is 75.0 Å². The number of carbonyl (C=O) groups is 1. The molecule has 1 aliphatic rings. The lowest BCUT2D eigenvalue weighted by molar-refractivity contribution is -0.274. The summed E-state index contributed by atoms with van der Waals surface area (Å²) in [5.41, 5.74) is 1.31. The molecular weight excluding hydrogens is 391 g/mol. The first kappa shape index (κ1) is 20.1. The largest absolute Gasteiger partial charge is 0.573 e. The van der Waals surface area contributed by atoms with Gasteiger partial charge in [-0.05, 0) is 43.0 Å². The molecule has 1 heterocycles. The van der Waals surface area contributed by atoms with Crippen LogP contribution in [0.4, 0.5) is 18.3 Å². The van der Waals surface area contributed by atoms with E-state index >= 15 is 0 Å². The Morgan fingerprint density at radius 2 is 1.93 bits per heavy atom. The number of carbonyl (C=O) groups excluding carboxylic acids is 1. The number of alkyl halides is 3. The molecule has 0 radical (unpaired) electrons. The van der Waals surface area contributed by atoms with Crippen molar-refractivity contribution >= 4 is 22.4 Å². The van der Waals surface area contributed by atoms with Gasteiger partial charge in [-0.25, -0.2) is 4.98 Å². The molecule has 5 nitrogen and oxygen atoms in total. The van der Waals surface area contributed by atoms with E-state index in [1.54, 1.807) is 6.07 Å². The predicted molar refractivity (Wildman–Crippen MR) is 98.9 cm³/mol. The molecular formula is C19H18F3N3O2S. The fraction of sp³-hybridized carbons (Fsp3) is 0.421. The molecule has 9 heteroatoms. The molecule has 1 amide bonds. The maximum atomic E-state index is 12.4. The molecule has 2 aromatic rings. The van der Waals surface area contributed by atoms with E-state index < -0.39 is 12.3 Å². The molecule has 1 aromatic heterocycles. The van der Waals surface area contributed by atoms with Gasteiger partial charge in [0.15, 0.2) is 5.13 Å². The van der Waals surface area contributed by atoms with Gasteiger partial charge >= 0.3 is 6.36 Å². The highest BCUT2D eigenvalue weighted by molar-refractivity contribution is 7.16. The molecule has 0 atom stereocenters. The van der Waals surface area contributed by atoms with Crippen molar-refractivity contribution in [1.29, 1.82) is 5.26 Å². The van der Waals surface area contributed by atoms with Crippen LogP contribution >= 0.6 is 11.3 Å². The zero-order chi connectivity index (χ0) is 20.1. The molecule has 1 saturated carbocycles. The highest BCUT2D eigenvalue weighted by Gasteiger charge is 2.31. The van der Waals surface area contributed by atoms with Crippen LogP contribution in [0.3, 0.4) is 0 Å². The standard InChI is InChI=1S/C19H18F3N3O2S/c20-19(21,22)27-14-8-6-12(7-9-14)16-17(13-4-2-1-3-5-13)28-18(25-16)24-15(26)10-11-23/h6-9,13H,1-5,10H2,(H,24,25,26). The number of amides is 1. The fourth-order valence-corrected chi connectivity index (χ4v) is 4.46. The second-order valence-corrected chi connectivity index (χ2v) is 7.55. The number of ether oxygens (including phenoxy) is 1. The summed E-state index contributed by atoms with van der Waals surface area (Å²) in [6.45, 7) is 0. The van der Waals surface area contributed by atoms with E-state index in [9.17, 15) is 18.0 Å². The zero-order valence-corrected chi connectivity index (χ0v) is 15.7. The van der Waals surface area contributed by atoms with Gasteiger partial charge in [0.2, 0.25) is 5.91 Å². The molecule has 1 aromatic carbocycles. The fourth-order valence-electron chi connectivity index (χ4n) is 3.28. The van der Waals surface area contributed by atoms with Crippen LogP contribution in [0.15, 0.2) is 24.3 Å². The van der Waals surface area contributed by atoms with Crippen LogP contribution in [-0.2, 0) is 4.79 Å². The van der Waals surface area contributed by atoms with E-state index in [1.807, 2.05) is 0 Å². The number of hydrogen-bond acceptors (Lipinski definition) is 5. The summed E-state index contributed by atoms with van der Waals surface area (Å²) in [7, 11) is 0. The van der Waals surface area contributed by atoms with Gasteiger partial charge in [0.1, 0.15) is 12.2 Å². The van der Waals surface area contributed by atoms with E-state index in [0.717, 1.165) is 30.6 Å². The van der Waals surface area contributed by atoms with Crippen molar-refractivity contribution < 1.29 is 22.7 Å². The van der Waals surface area contributed by atoms with Gasteiger partial charge in [-0.15, -0.1) is 24.5 Å². The number of hydrogen-bond donors (Lipinski definition) is 1. The Morgan fingerprint density at radius 1 is 1.25 bits per heavy atom. The first-order chi connectivity index (χ1) is 13.4. The van der Waals surface area contributed by atoms with Crippen LogP contribution in [0.2, 0.25) is 0 Å². The minimum absolute atomic E-state index is 0.267. The van der Waals surface area contributed by atoms with E-state index in [-0.39, 0.29) is 12.2 Å². The number of nitriles is 1. The molecule has 0 bridgehead atoms. The number of halogens is 3. The lowest BCUT2D eigenvalue weighted by Crippen LogP contribution is -2.16. The van der Waals surface area contributed by atoms with Crippen molar-refractivity contribution in [3.63, 3.8) is 0 Å². The van der Waals surface area contributed by atoms with Crippen molar-refractivity contribution in [2.24, 2.45) is 0 Å². The second-order valence-electron chi connectivity index (χ2n) is 6.52. The predicted octanol–water partition coefficient (Wildman–Crippen LogP) is 5.61. The molecule has 1 N–H and O–H groups in total. The van der Waals surface area contributed by atoms with Crippen LogP contribution in [0.25, 0.3) is 11.3 Å². The van der Waals surface area contributed by atoms with Crippen molar-refractivity contribution in [2.45, 2.75) is 50.8 Å². The van der Waals surface area contributed by atoms with Gasteiger partial charge in [0, 0.05) is 10.4 Å². The van der Waals surface area contributed by atoms with Gasteiger partial charge in [-0.3, -0.25) is 4.79 Å². The van der Waals surface area contributed by atoms with E-state index in [4.69, 9.17) is 5.26 Å². The third-order valence-corrected chi connectivity index (χ3v) is 5.61. The highest BCUT2D eigenvalue weighted by Crippen LogP contribution is 2.43. The summed E-state index contributed by atoms with van der Waals surface area (Å²) in [6, 6.07) is 7.35. The van der Waals surface area contributed by atoms with Gasteiger partial charge in [0.05, 0.1) is 11.8 Å². The Hall–Kier alpha value is -2.60. The van der Waals surface area contributed by atoms with E-state index in [0.29, 0.717) is 22.3 Å². The first-order valence-electron chi connectivity index (χ1n) is 8.89. The Morgan fingerprint density at radius 3 is 2.54 bits per heavy atom. The Balaban J connectivity index is 1.90. The molecule has 28 heavy (non-hydrogen) atoms. The third kappa shape index (κ3) is 5.23. The summed E-state index contributed by atoms with van der Waals surface area (Å²) >= 11 is 1.37. The Bertz CT molecular complexity index is 866. The van der Waals surface area contributed by atoms with Crippen molar-refractivity contribution in [1.82, 2.24) is 4.98 Å². The van der Waals surface area contributed by atoms with Gasteiger partial charge in [0.25, 0.3) is 0 Å². The molecule has 1 fully saturated rings. The summed E-state index contributed by atoms with van der Waals surface area (Å²) in [5, 5.41) is 11.7. The maximum absolute atomic E-state index is 12.4. The monoisotopic (exact) mass is 409 g/mol. The molecule has 0 spiro atoms.